The predicted molar refractivity (Wildman–Crippen MR) is 211 cm³/mol. The highest BCUT2D eigenvalue weighted by Crippen LogP contribution is 2.37. The highest BCUT2D eigenvalue weighted by Gasteiger charge is 2.41. The Morgan fingerprint density at radius 3 is 1.04 bits per heavy atom. The van der Waals surface area contributed by atoms with Crippen molar-refractivity contribution in [1.82, 2.24) is 0 Å². The standard InChI is InChI=1S/C45H90O3/c1-36(2)17-11-19-38(5)21-13-23-40(7)25-15-27-42(9)29-32-45(47-35-44(48-45)31-34-46)33-30-43(10)28-16-26-41(8)24-14-22-39(6)20-12-18-37(3)4/h36-44,46H,11-35H2,1-10H3. The van der Waals surface area contributed by atoms with E-state index in [2.05, 4.69) is 69.2 Å². The summed E-state index contributed by atoms with van der Waals surface area (Å²) in [5, 5.41) is 9.55. The van der Waals surface area contributed by atoms with Crippen molar-refractivity contribution in [3.05, 3.63) is 0 Å². The number of aliphatic hydroxyl groups excluding tert-OH is 1. The van der Waals surface area contributed by atoms with Crippen molar-refractivity contribution in [2.75, 3.05) is 13.2 Å². The molecule has 0 aliphatic carbocycles. The molecule has 1 N–H and O–H groups in total. The summed E-state index contributed by atoms with van der Waals surface area (Å²) in [6, 6.07) is 0. The molecule has 0 saturated carbocycles. The Morgan fingerprint density at radius 2 is 0.750 bits per heavy atom. The van der Waals surface area contributed by atoms with Crippen molar-refractivity contribution >= 4 is 0 Å². The Labute approximate surface area is 303 Å². The van der Waals surface area contributed by atoms with Crippen LogP contribution in [0.3, 0.4) is 0 Å². The molecule has 7 unspecified atom stereocenters. The first kappa shape index (κ1) is 45.9. The highest BCUT2D eigenvalue weighted by molar-refractivity contribution is 4.81. The van der Waals surface area contributed by atoms with Gasteiger partial charge in [0.05, 0.1) is 12.7 Å². The van der Waals surface area contributed by atoms with E-state index in [0.717, 1.165) is 48.3 Å². The number of ether oxygens (including phenoxy) is 2. The van der Waals surface area contributed by atoms with Gasteiger partial charge in [0.1, 0.15) is 0 Å². The van der Waals surface area contributed by atoms with Crippen molar-refractivity contribution in [3.63, 3.8) is 0 Å². The molecule has 0 aromatic heterocycles. The van der Waals surface area contributed by atoms with Crippen LogP contribution in [0.2, 0.25) is 0 Å². The minimum absolute atomic E-state index is 0.0539. The lowest BCUT2D eigenvalue weighted by molar-refractivity contribution is -0.183. The Hall–Kier alpha value is -0.120. The molecule has 48 heavy (non-hydrogen) atoms. The van der Waals surface area contributed by atoms with E-state index in [-0.39, 0.29) is 12.7 Å². The van der Waals surface area contributed by atoms with Crippen molar-refractivity contribution < 1.29 is 14.6 Å². The van der Waals surface area contributed by atoms with Gasteiger partial charge in [0.2, 0.25) is 0 Å². The third-order valence-corrected chi connectivity index (χ3v) is 11.9. The highest BCUT2D eigenvalue weighted by atomic mass is 16.7. The van der Waals surface area contributed by atoms with E-state index < -0.39 is 5.79 Å². The minimum atomic E-state index is -0.430. The normalized spacial score (nSPS) is 22.3. The van der Waals surface area contributed by atoms with Gasteiger partial charge in [-0.05, 0) is 66.6 Å². The topological polar surface area (TPSA) is 38.7 Å². The third kappa shape index (κ3) is 24.1. The zero-order chi connectivity index (χ0) is 35.8. The first-order valence-electron chi connectivity index (χ1n) is 21.8. The molecule has 0 aromatic rings. The zero-order valence-electron chi connectivity index (χ0n) is 34.6. The summed E-state index contributed by atoms with van der Waals surface area (Å²) in [7, 11) is 0. The SMILES string of the molecule is CC(C)CCCC(C)CCCC(C)CCCC(C)CCC1(CCC(C)CCCC(C)CCCC(C)CCCC(C)C)OCC(CCO)O1. The maximum absolute atomic E-state index is 9.55. The van der Waals surface area contributed by atoms with Gasteiger partial charge in [-0.2, -0.15) is 0 Å². The van der Waals surface area contributed by atoms with Crippen LogP contribution in [0.5, 0.6) is 0 Å². The molecule has 3 nitrogen and oxygen atoms in total. The van der Waals surface area contributed by atoms with Crippen molar-refractivity contribution in [3.8, 4) is 0 Å². The molecule has 1 saturated heterocycles. The fourth-order valence-corrected chi connectivity index (χ4v) is 8.10. The molecule has 0 amide bonds. The molecule has 0 aromatic carbocycles. The van der Waals surface area contributed by atoms with Crippen LogP contribution in [0.25, 0.3) is 0 Å². The lowest BCUT2D eigenvalue weighted by Gasteiger charge is -2.31. The molecule has 1 aliphatic heterocycles. The van der Waals surface area contributed by atoms with E-state index in [4.69, 9.17) is 9.47 Å². The van der Waals surface area contributed by atoms with Gasteiger partial charge < -0.3 is 14.6 Å². The molecular formula is C45H90O3. The van der Waals surface area contributed by atoms with E-state index in [1.165, 1.54) is 128 Å². The van der Waals surface area contributed by atoms with Crippen LogP contribution in [-0.4, -0.2) is 30.2 Å². The largest absolute Gasteiger partial charge is 0.396 e. The molecule has 1 rings (SSSR count). The maximum Gasteiger partial charge on any atom is 0.168 e. The zero-order valence-corrected chi connectivity index (χ0v) is 34.6. The molecule has 7 atom stereocenters. The van der Waals surface area contributed by atoms with E-state index >= 15 is 0 Å². The summed E-state index contributed by atoms with van der Waals surface area (Å²) in [6.45, 7) is 25.0. The summed E-state index contributed by atoms with van der Waals surface area (Å²) in [5.74, 6) is 6.18. The van der Waals surface area contributed by atoms with Crippen LogP contribution in [0.15, 0.2) is 0 Å². The van der Waals surface area contributed by atoms with Crippen LogP contribution in [0.1, 0.15) is 217 Å². The van der Waals surface area contributed by atoms with Gasteiger partial charge in [-0.1, -0.05) is 185 Å². The summed E-state index contributed by atoms with van der Waals surface area (Å²) >= 11 is 0. The Balaban J connectivity index is 2.31. The molecule has 0 radical (unpaired) electrons. The molecular weight excluding hydrogens is 588 g/mol. The van der Waals surface area contributed by atoms with Gasteiger partial charge in [0, 0.05) is 19.4 Å². The van der Waals surface area contributed by atoms with E-state index in [1.54, 1.807) is 0 Å². The third-order valence-electron chi connectivity index (χ3n) is 11.9. The lowest BCUT2D eigenvalue weighted by Crippen LogP contribution is -2.32. The second-order valence-corrected chi connectivity index (χ2v) is 18.6. The van der Waals surface area contributed by atoms with Crippen LogP contribution in [0, 0.1) is 47.3 Å². The molecule has 3 heteroatoms. The van der Waals surface area contributed by atoms with Crippen molar-refractivity contribution in [2.45, 2.75) is 229 Å². The van der Waals surface area contributed by atoms with E-state index in [9.17, 15) is 5.11 Å². The van der Waals surface area contributed by atoms with E-state index in [0.29, 0.717) is 24.9 Å². The molecule has 1 aliphatic rings. The van der Waals surface area contributed by atoms with E-state index in [1.807, 2.05) is 0 Å². The number of aliphatic hydroxyl groups is 1. The number of rotatable bonds is 32. The lowest BCUT2D eigenvalue weighted by atomic mass is 9.88. The number of hydrogen-bond acceptors (Lipinski definition) is 3. The molecule has 0 spiro atoms. The van der Waals surface area contributed by atoms with Gasteiger partial charge in [0.15, 0.2) is 5.79 Å². The van der Waals surface area contributed by atoms with Gasteiger partial charge in [-0.15, -0.1) is 0 Å². The first-order chi connectivity index (χ1) is 22.8. The average molecular weight is 679 g/mol. The Morgan fingerprint density at radius 1 is 0.458 bits per heavy atom. The van der Waals surface area contributed by atoms with Crippen LogP contribution in [0.4, 0.5) is 0 Å². The Kier molecular flexibility index (Phi) is 26.3. The quantitative estimate of drug-likeness (QED) is 0.0769. The number of hydrogen-bond donors (Lipinski definition) is 1. The molecule has 1 fully saturated rings. The minimum Gasteiger partial charge on any atom is -0.396 e. The fraction of sp³-hybridized carbons (Fsp3) is 1.00. The van der Waals surface area contributed by atoms with Gasteiger partial charge in [0.25, 0.3) is 0 Å². The van der Waals surface area contributed by atoms with Gasteiger partial charge in [-0.3, -0.25) is 0 Å². The summed E-state index contributed by atoms with van der Waals surface area (Å²) in [4.78, 5) is 0. The molecule has 288 valence electrons. The smallest absolute Gasteiger partial charge is 0.168 e. The summed E-state index contributed by atoms with van der Waals surface area (Å²) < 4.78 is 13.1. The van der Waals surface area contributed by atoms with Crippen LogP contribution >= 0.6 is 0 Å². The average Bonchev–Trinajstić information content (AvgIpc) is 3.42. The second-order valence-electron chi connectivity index (χ2n) is 18.6. The Bertz CT molecular complexity index is 671. The van der Waals surface area contributed by atoms with Gasteiger partial charge in [-0.25, -0.2) is 0 Å². The monoisotopic (exact) mass is 679 g/mol. The van der Waals surface area contributed by atoms with Crippen LogP contribution in [-0.2, 0) is 9.47 Å². The molecule has 1 heterocycles. The molecule has 0 bridgehead atoms. The second kappa shape index (κ2) is 27.5. The maximum atomic E-state index is 9.55. The summed E-state index contributed by atoms with van der Waals surface area (Å²) in [5.41, 5.74) is 0. The first-order valence-corrected chi connectivity index (χ1v) is 21.8. The predicted octanol–water partition coefficient (Wildman–Crippen LogP) is 14.2. The van der Waals surface area contributed by atoms with Crippen molar-refractivity contribution in [2.24, 2.45) is 47.3 Å². The fourth-order valence-electron chi connectivity index (χ4n) is 8.10. The van der Waals surface area contributed by atoms with Crippen LogP contribution < -0.4 is 0 Å². The summed E-state index contributed by atoms with van der Waals surface area (Å²) in [6.07, 6.45) is 30.0. The van der Waals surface area contributed by atoms with Gasteiger partial charge >= 0.3 is 0 Å². The van der Waals surface area contributed by atoms with Crippen molar-refractivity contribution in [1.29, 1.82) is 0 Å².